The summed E-state index contributed by atoms with van der Waals surface area (Å²) in [5.74, 6) is -1.43. The molecule has 0 saturated heterocycles. The first-order valence-corrected chi connectivity index (χ1v) is 8.70. The second-order valence-electron chi connectivity index (χ2n) is 4.13. The molecular formula is C12H11ClN2O4S2. The number of carboxylic acid groups (broad SMARTS) is 1. The number of aryl methyl sites for hydroxylation is 1. The third-order valence-electron chi connectivity index (χ3n) is 2.59. The van der Waals surface area contributed by atoms with Crippen LogP contribution < -0.4 is 4.72 Å². The van der Waals surface area contributed by atoms with Gasteiger partial charge in [-0.15, -0.1) is 11.3 Å². The minimum atomic E-state index is -3.64. The number of aromatic nitrogens is 1. The van der Waals surface area contributed by atoms with Crippen LogP contribution in [0.1, 0.15) is 16.1 Å². The van der Waals surface area contributed by atoms with Crippen LogP contribution in [0.5, 0.6) is 0 Å². The zero-order valence-corrected chi connectivity index (χ0v) is 13.0. The lowest BCUT2D eigenvalue weighted by Gasteiger charge is -2.06. The Hall–Kier alpha value is -1.64. The molecule has 2 aromatic rings. The molecule has 0 unspecified atom stereocenters. The molecule has 2 rings (SSSR count). The molecule has 9 heteroatoms. The monoisotopic (exact) mass is 346 g/mol. The van der Waals surface area contributed by atoms with Gasteiger partial charge < -0.3 is 5.11 Å². The first-order valence-electron chi connectivity index (χ1n) is 5.79. The molecule has 0 aliphatic rings. The predicted octanol–water partition coefficient (Wildman–Crippen LogP) is 2.48. The lowest BCUT2D eigenvalue weighted by atomic mass is 10.2. The molecule has 0 amide bonds. The molecule has 0 atom stereocenters. The summed E-state index contributed by atoms with van der Waals surface area (Å²) in [7, 11) is -3.64. The molecule has 6 nitrogen and oxygen atoms in total. The quantitative estimate of drug-likeness (QED) is 0.837. The van der Waals surface area contributed by atoms with Crippen molar-refractivity contribution in [3.8, 4) is 0 Å². The molecular weight excluding hydrogens is 336 g/mol. The third-order valence-corrected chi connectivity index (χ3v) is 4.97. The Labute approximate surface area is 130 Å². The number of nitrogens with one attached hydrogen (secondary N) is 1. The largest absolute Gasteiger partial charge is 0.476 e. The fourth-order valence-electron chi connectivity index (χ4n) is 1.57. The Kier molecular flexibility index (Phi) is 4.81. The lowest BCUT2D eigenvalue weighted by molar-refractivity contribution is 0.0692. The normalized spacial score (nSPS) is 11.3. The molecule has 1 aromatic heterocycles. The number of sulfonamides is 1. The standard InChI is InChI=1S/C12H11ClN2O4S2/c13-9-3-1-8(2-4-9)5-6-21(18,19)15-11-10(12(16)17)14-7-20-11/h1-4,7,15H,5-6H2,(H,16,17). The number of benzene rings is 1. The molecule has 0 aliphatic carbocycles. The number of hydrogen-bond acceptors (Lipinski definition) is 5. The number of carboxylic acids is 1. The Morgan fingerprint density at radius 1 is 1.33 bits per heavy atom. The number of rotatable bonds is 6. The van der Waals surface area contributed by atoms with E-state index >= 15 is 0 Å². The number of nitrogens with zero attached hydrogens (tertiary/aromatic N) is 1. The Morgan fingerprint density at radius 3 is 2.62 bits per heavy atom. The SMILES string of the molecule is O=C(O)c1ncsc1NS(=O)(=O)CCc1ccc(Cl)cc1. The van der Waals surface area contributed by atoms with Gasteiger partial charge in [-0.2, -0.15) is 0 Å². The van der Waals surface area contributed by atoms with E-state index in [2.05, 4.69) is 9.71 Å². The van der Waals surface area contributed by atoms with Gasteiger partial charge in [0.25, 0.3) is 0 Å². The van der Waals surface area contributed by atoms with Crippen molar-refractivity contribution < 1.29 is 18.3 Å². The van der Waals surface area contributed by atoms with Crippen LogP contribution in [0.2, 0.25) is 5.02 Å². The maximum Gasteiger partial charge on any atom is 0.357 e. The first kappa shape index (κ1) is 15.7. The van der Waals surface area contributed by atoms with Gasteiger partial charge in [0.1, 0.15) is 5.00 Å². The molecule has 21 heavy (non-hydrogen) atoms. The van der Waals surface area contributed by atoms with Crippen LogP contribution in [0, 0.1) is 0 Å². The first-order chi connectivity index (χ1) is 9.87. The number of halogens is 1. The van der Waals surface area contributed by atoms with Crippen LogP contribution in [0.3, 0.4) is 0 Å². The van der Waals surface area contributed by atoms with Gasteiger partial charge in [-0.05, 0) is 24.1 Å². The maximum atomic E-state index is 12.0. The highest BCUT2D eigenvalue weighted by molar-refractivity contribution is 7.92. The Morgan fingerprint density at radius 2 is 2.00 bits per heavy atom. The van der Waals surface area contributed by atoms with E-state index in [4.69, 9.17) is 16.7 Å². The van der Waals surface area contributed by atoms with Crippen molar-refractivity contribution in [3.63, 3.8) is 0 Å². The van der Waals surface area contributed by atoms with E-state index in [9.17, 15) is 13.2 Å². The fraction of sp³-hybridized carbons (Fsp3) is 0.167. The zero-order chi connectivity index (χ0) is 15.5. The summed E-state index contributed by atoms with van der Waals surface area (Å²) in [6.07, 6.45) is 0.299. The van der Waals surface area contributed by atoms with Gasteiger partial charge in [-0.1, -0.05) is 23.7 Å². The van der Waals surface area contributed by atoms with Crippen LogP contribution in [-0.2, 0) is 16.4 Å². The summed E-state index contributed by atoms with van der Waals surface area (Å²) in [5, 5.41) is 9.47. The molecule has 2 N–H and O–H groups in total. The number of anilines is 1. The minimum absolute atomic E-state index is 0.0126. The van der Waals surface area contributed by atoms with Crippen LogP contribution in [0.15, 0.2) is 29.8 Å². The lowest BCUT2D eigenvalue weighted by Crippen LogP contribution is -2.19. The van der Waals surface area contributed by atoms with Crippen LogP contribution in [0.4, 0.5) is 5.00 Å². The zero-order valence-electron chi connectivity index (χ0n) is 10.6. The van der Waals surface area contributed by atoms with Gasteiger partial charge in [0.2, 0.25) is 10.0 Å². The van der Waals surface area contributed by atoms with Crippen molar-refractivity contribution in [2.75, 3.05) is 10.5 Å². The number of hydrogen-bond donors (Lipinski definition) is 2. The molecule has 112 valence electrons. The molecule has 0 radical (unpaired) electrons. The molecule has 1 aromatic carbocycles. The highest BCUT2D eigenvalue weighted by Gasteiger charge is 2.19. The summed E-state index contributed by atoms with van der Waals surface area (Å²) in [6.45, 7) is 0. The van der Waals surface area contributed by atoms with Crippen LogP contribution >= 0.6 is 22.9 Å². The average Bonchev–Trinajstić information content (AvgIpc) is 2.85. The second-order valence-corrected chi connectivity index (χ2v) is 7.27. The highest BCUT2D eigenvalue weighted by atomic mass is 35.5. The van der Waals surface area contributed by atoms with Gasteiger partial charge >= 0.3 is 5.97 Å². The van der Waals surface area contributed by atoms with Crippen LogP contribution in [-0.4, -0.2) is 30.2 Å². The van der Waals surface area contributed by atoms with E-state index in [1.807, 2.05) is 0 Å². The second kappa shape index (κ2) is 6.42. The van der Waals surface area contributed by atoms with Gasteiger partial charge in [0.05, 0.1) is 11.3 Å². The predicted molar refractivity (Wildman–Crippen MR) is 81.6 cm³/mol. The smallest absolute Gasteiger partial charge is 0.357 e. The van der Waals surface area contributed by atoms with E-state index in [1.54, 1.807) is 24.3 Å². The molecule has 0 saturated carbocycles. The van der Waals surface area contributed by atoms with Crippen molar-refractivity contribution in [1.82, 2.24) is 4.98 Å². The molecule has 1 heterocycles. The topological polar surface area (TPSA) is 96.4 Å². The van der Waals surface area contributed by atoms with Crippen molar-refractivity contribution in [2.45, 2.75) is 6.42 Å². The van der Waals surface area contributed by atoms with Crippen LogP contribution in [0.25, 0.3) is 0 Å². The maximum absolute atomic E-state index is 12.0. The van der Waals surface area contributed by atoms with E-state index in [1.165, 1.54) is 5.51 Å². The van der Waals surface area contributed by atoms with Gasteiger partial charge in [0.15, 0.2) is 5.69 Å². The molecule has 0 fully saturated rings. The van der Waals surface area contributed by atoms with Gasteiger partial charge in [-0.3, -0.25) is 4.72 Å². The highest BCUT2D eigenvalue weighted by Crippen LogP contribution is 2.21. The summed E-state index contributed by atoms with van der Waals surface area (Å²) in [6, 6.07) is 6.85. The van der Waals surface area contributed by atoms with E-state index in [0.29, 0.717) is 11.4 Å². The summed E-state index contributed by atoms with van der Waals surface area (Å²) < 4.78 is 26.2. The minimum Gasteiger partial charge on any atom is -0.476 e. The van der Waals surface area contributed by atoms with E-state index in [-0.39, 0.29) is 16.4 Å². The Bertz CT molecular complexity index is 741. The summed E-state index contributed by atoms with van der Waals surface area (Å²) >= 11 is 6.68. The van der Waals surface area contributed by atoms with Crippen molar-refractivity contribution in [3.05, 3.63) is 46.1 Å². The van der Waals surface area contributed by atoms with Gasteiger partial charge in [0, 0.05) is 5.02 Å². The summed E-state index contributed by atoms with van der Waals surface area (Å²) in [4.78, 5) is 14.5. The van der Waals surface area contributed by atoms with Crippen molar-refractivity contribution >= 4 is 43.9 Å². The molecule has 0 spiro atoms. The Balaban J connectivity index is 2.03. The van der Waals surface area contributed by atoms with Crippen molar-refractivity contribution in [1.29, 1.82) is 0 Å². The average molecular weight is 347 g/mol. The number of aromatic carboxylic acids is 1. The van der Waals surface area contributed by atoms with E-state index < -0.39 is 16.0 Å². The van der Waals surface area contributed by atoms with Gasteiger partial charge in [-0.25, -0.2) is 18.2 Å². The van der Waals surface area contributed by atoms with E-state index in [0.717, 1.165) is 16.9 Å². The fourth-order valence-corrected chi connectivity index (χ4v) is 3.77. The third kappa shape index (κ3) is 4.42. The van der Waals surface area contributed by atoms with Crippen molar-refractivity contribution in [2.24, 2.45) is 0 Å². The summed E-state index contributed by atoms with van der Waals surface area (Å²) in [5.41, 5.74) is 1.81. The molecule has 0 aliphatic heterocycles. The number of thiazole rings is 1. The molecule has 0 bridgehead atoms. The number of carbonyl (C=O) groups is 1.